The molecular weight excluding hydrogens is 442 g/mol. The lowest BCUT2D eigenvalue weighted by Gasteiger charge is -2.25. The highest BCUT2D eigenvalue weighted by molar-refractivity contribution is 6.51. The summed E-state index contributed by atoms with van der Waals surface area (Å²) in [4.78, 5) is 28.0. The lowest BCUT2D eigenvalue weighted by atomic mass is 9.95. The smallest absolute Gasteiger partial charge is 0.300 e. The Morgan fingerprint density at radius 1 is 0.914 bits per heavy atom. The maximum Gasteiger partial charge on any atom is 0.300 e. The molecule has 6 heteroatoms. The van der Waals surface area contributed by atoms with Crippen molar-refractivity contribution in [3.63, 3.8) is 0 Å². The van der Waals surface area contributed by atoms with Crippen LogP contribution in [0.3, 0.4) is 0 Å². The Kier molecular flexibility index (Phi) is 6.92. The number of nitrogens with zero attached hydrogens (tertiary/aromatic N) is 1. The second kappa shape index (κ2) is 10.1. The lowest BCUT2D eigenvalue weighted by molar-refractivity contribution is -0.132. The van der Waals surface area contributed by atoms with E-state index in [4.69, 9.17) is 9.47 Å². The Labute approximate surface area is 205 Å². The fraction of sp³-hybridized carbons (Fsp3) is 0.241. The van der Waals surface area contributed by atoms with E-state index >= 15 is 0 Å². The second-order valence-electron chi connectivity index (χ2n) is 9.01. The van der Waals surface area contributed by atoms with Gasteiger partial charge in [0.15, 0.2) is 0 Å². The molecule has 0 aromatic heterocycles. The van der Waals surface area contributed by atoms with E-state index in [1.807, 2.05) is 43.3 Å². The standard InChI is InChI=1S/C29H29NO5/c1-18(2)17-35-24-15-7-20(8-16-24)26-25(27(31)21-9-13-23(34-4)14-10-21)28(32)29(33)30(26)22-11-5-19(3)6-12-22/h5-16,18,26,31H,17H2,1-4H3/b27-25+. The number of carbonyl (C=O) groups is 2. The average molecular weight is 472 g/mol. The Bertz CT molecular complexity index is 1240. The van der Waals surface area contributed by atoms with Crippen LogP contribution in [0.15, 0.2) is 78.4 Å². The van der Waals surface area contributed by atoms with Crippen LogP contribution < -0.4 is 14.4 Å². The number of ether oxygens (including phenoxy) is 2. The van der Waals surface area contributed by atoms with Gasteiger partial charge in [-0.25, -0.2) is 0 Å². The molecule has 1 heterocycles. The van der Waals surface area contributed by atoms with E-state index in [0.29, 0.717) is 40.8 Å². The summed E-state index contributed by atoms with van der Waals surface area (Å²) in [7, 11) is 1.55. The number of hydrogen-bond acceptors (Lipinski definition) is 5. The van der Waals surface area contributed by atoms with Crippen molar-refractivity contribution in [3.05, 3.63) is 95.1 Å². The first-order chi connectivity index (χ1) is 16.8. The minimum Gasteiger partial charge on any atom is -0.507 e. The Morgan fingerprint density at radius 2 is 1.51 bits per heavy atom. The van der Waals surface area contributed by atoms with Crippen LogP contribution in [0.4, 0.5) is 5.69 Å². The predicted octanol–water partition coefficient (Wildman–Crippen LogP) is 5.66. The molecule has 35 heavy (non-hydrogen) atoms. The summed E-state index contributed by atoms with van der Waals surface area (Å²) in [5, 5.41) is 11.2. The highest BCUT2D eigenvalue weighted by atomic mass is 16.5. The largest absolute Gasteiger partial charge is 0.507 e. The second-order valence-corrected chi connectivity index (χ2v) is 9.01. The molecule has 1 atom stereocenters. The number of aliphatic hydroxyl groups excluding tert-OH is 1. The van der Waals surface area contributed by atoms with Crippen LogP contribution in [0.25, 0.3) is 5.76 Å². The molecule has 1 fully saturated rings. The van der Waals surface area contributed by atoms with Gasteiger partial charge in [-0.3, -0.25) is 14.5 Å². The van der Waals surface area contributed by atoms with E-state index in [-0.39, 0.29) is 11.3 Å². The number of anilines is 1. The number of Topliss-reactive ketones (excluding diaryl/α,β-unsaturated/α-hetero) is 1. The molecule has 0 saturated carbocycles. The molecule has 0 bridgehead atoms. The lowest BCUT2D eigenvalue weighted by Crippen LogP contribution is -2.29. The van der Waals surface area contributed by atoms with E-state index in [0.717, 1.165) is 5.56 Å². The third-order valence-electron chi connectivity index (χ3n) is 5.90. The van der Waals surface area contributed by atoms with Crippen LogP contribution in [0, 0.1) is 12.8 Å². The van der Waals surface area contributed by atoms with Gasteiger partial charge in [-0.2, -0.15) is 0 Å². The third kappa shape index (κ3) is 4.92. The Hall–Kier alpha value is -4.06. The first-order valence-electron chi connectivity index (χ1n) is 11.5. The van der Waals surface area contributed by atoms with Crippen molar-refractivity contribution in [1.29, 1.82) is 0 Å². The van der Waals surface area contributed by atoms with Crippen LogP contribution in [0.5, 0.6) is 11.5 Å². The molecule has 6 nitrogen and oxygen atoms in total. The van der Waals surface area contributed by atoms with Crippen molar-refractivity contribution in [2.24, 2.45) is 5.92 Å². The van der Waals surface area contributed by atoms with Gasteiger partial charge in [0.2, 0.25) is 0 Å². The summed E-state index contributed by atoms with van der Waals surface area (Å²) in [6.07, 6.45) is 0. The number of rotatable bonds is 7. The molecule has 3 aromatic carbocycles. The van der Waals surface area contributed by atoms with Crippen molar-refractivity contribution in [3.8, 4) is 11.5 Å². The normalized spacial score (nSPS) is 17.2. The molecule has 0 radical (unpaired) electrons. The number of ketones is 1. The summed E-state index contributed by atoms with van der Waals surface area (Å²) in [5.74, 6) is 0.0525. The van der Waals surface area contributed by atoms with Crippen LogP contribution in [0.1, 0.15) is 36.6 Å². The number of amides is 1. The van der Waals surface area contributed by atoms with Gasteiger partial charge >= 0.3 is 0 Å². The molecule has 1 unspecified atom stereocenters. The van der Waals surface area contributed by atoms with Crippen molar-refractivity contribution in [2.45, 2.75) is 26.8 Å². The van der Waals surface area contributed by atoms with Gasteiger partial charge in [0, 0.05) is 11.3 Å². The van der Waals surface area contributed by atoms with Crippen molar-refractivity contribution < 1.29 is 24.2 Å². The molecule has 1 aliphatic rings. The fourth-order valence-corrected chi connectivity index (χ4v) is 4.03. The van der Waals surface area contributed by atoms with E-state index in [1.165, 1.54) is 4.90 Å². The Morgan fingerprint density at radius 3 is 2.09 bits per heavy atom. The van der Waals surface area contributed by atoms with Gasteiger partial charge < -0.3 is 14.6 Å². The highest BCUT2D eigenvalue weighted by Gasteiger charge is 2.46. The van der Waals surface area contributed by atoms with Crippen LogP contribution in [-0.2, 0) is 9.59 Å². The molecule has 1 saturated heterocycles. The van der Waals surface area contributed by atoms with Crippen molar-refractivity contribution in [1.82, 2.24) is 0 Å². The zero-order valence-corrected chi connectivity index (χ0v) is 20.3. The van der Waals surface area contributed by atoms with Gasteiger partial charge in [0.05, 0.1) is 25.3 Å². The van der Waals surface area contributed by atoms with Crippen LogP contribution >= 0.6 is 0 Å². The van der Waals surface area contributed by atoms with Crippen molar-refractivity contribution >= 4 is 23.1 Å². The summed E-state index contributed by atoms with van der Waals surface area (Å²) >= 11 is 0. The molecule has 1 amide bonds. The minimum absolute atomic E-state index is 0.0385. The number of aryl methyl sites for hydroxylation is 1. The van der Waals surface area contributed by atoms with Gasteiger partial charge in [-0.1, -0.05) is 43.7 Å². The summed E-state index contributed by atoms with van der Waals surface area (Å²) < 4.78 is 11.0. The first-order valence-corrected chi connectivity index (χ1v) is 11.5. The fourth-order valence-electron chi connectivity index (χ4n) is 4.03. The quantitative estimate of drug-likeness (QED) is 0.273. The van der Waals surface area contributed by atoms with E-state index in [9.17, 15) is 14.7 Å². The zero-order valence-electron chi connectivity index (χ0n) is 20.3. The molecule has 180 valence electrons. The molecular formula is C29H29NO5. The van der Waals surface area contributed by atoms with Gasteiger partial charge in [0.25, 0.3) is 11.7 Å². The Balaban J connectivity index is 1.83. The van der Waals surface area contributed by atoms with Gasteiger partial charge in [0.1, 0.15) is 17.3 Å². The molecule has 1 aliphatic heterocycles. The number of aliphatic hydroxyl groups is 1. The molecule has 1 N–H and O–H groups in total. The van der Waals surface area contributed by atoms with Gasteiger partial charge in [-0.05, 0) is 66.9 Å². The minimum atomic E-state index is -0.793. The first kappa shape index (κ1) is 24.1. The third-order valence-corrected chi connectivity index (χ3v) is 5.90. The van der Waals surface area contributed by atoms with E-state index in [1.54, 1.807) is 43.5 Å². The van der Waals surface area contributed by atoms with Crippen LogP contribution in [-0.4, -0.2) is 30.5 Å². The SMILES string of the molecule is COc1ccc(/C(O)=C2\C(=O)C(=O)N(c3ccc(C)cc3)C2c2ccc(OCC(C)C)cc2)cc1. The number of methoxy groups -OCH3 is 1. The molecule has 3 aromatic rings. The van der Waals surface area contributed by atoms with E-state index < -0.39 is 17.7 Å². The van der Waals surface area contributed by atoms with E-state index in [2.05, 4.69) is 13.8 Å². The summed E-state index contributed by atoms with van der Waals surface area (Å²) in [6, 6.07) is 20.6. The maximum atomic E-state index is 13.3. The van der Waals surface area contributed by atoms with Crippen LogP contribution in [0.2, 0.25) is 0 Å². The highest BCUT2D eigenvalue weighted by Crippen LogP contribution is 2.42. The monoisotopic (exact) mass is 471 g/mol. The number of hydrogen-bond donors (Lipinski definition) is 1. The van der Waals surface area contributed by atoms with Crippen molar-refractivity contribution in [2.75, 3.05) is 18.6 Å². The average Bonchev–Trinajstić information content (AvgIpc) is 3.13. The predicted molar refractivity (Wildman–Crippen MR) is 136 cm³/mol. The topological polar surface area (TPSA) is 76.1 Å². The maximum absolute atomic E-state index is 13.3. The summed E-state index contributed by atoms with van der Waals surface area (Å²) in [6.45, 7) is 6.68. The zero-order chi connectivity index (χ0) is 25.1. The molecule has 4 rings (SSSR count). The molecule has 0 aliphatic carbocycles. The summed E-state index contributed by atoms with van der Waals surface area (Å²) in [5.41, 5.74) is 2.77. The number of benzene rings is 3. The van der Waals surface area contributed by atoms with Gasteiger partial charge in [-0.15, -0.1) is 0 Å². The number of carbonyl (C=O) groups excluding carboxylic acids is 2. The molecule has 0 spiro atoms.